The molecular weight excluding hydrogens is 177 g/mol. The van der Waals surface area contributed by atoms with Crippen molar-refractivity contribution in [3.05, 3.63) is 23.8 Å². The van der Waals surface area contributed by atoms with E-state index in [1.54, 1.807) is 18.2 Å². The van der Waals surface area contributed by atoms with Gasteiger partial charge in [0.15, 0.2) is 0 Å². The molecule has 0 bridgehead atoms. The van der Waals surface area contributed by atoms with Crippen LogP contribution >= 0.6 is 0 Å². The van der Waals surface area contributed by atoms with Crippen molar-refractivity contribution < 1.29 is 13.2 Å². The van der Waals surface area contributed by atoms with Gasteiger partial charge in [-0.1, -0.05) is 18.2 Å². The van der Waals surface area contributed by atoms with Gasteiger partial charge in [-0.15, -0.1) is 0 Å². The van der Waals surface area contributed by atoms with Crippen molar-refractivity contribution in [2.24, 2.45) is 5.41 Å². The van der Waals surface area contributed by atoms with Crippen molar-refractivity contribution in [3.63, 3.8) is 0 Å². The highest BCUT2D eigenvalue weighted by Crippen LogP contribution is 2.44. The first kappa shape index (κ1) is 10.4. The lowest BCUT2D eigenvalue weighted by atomic mass is 9.81. The van der Waals surface area contributed by atoms with Gasteiger partial charge in [0.2, 0.25) is 0 Å². The summed E-state index contributed by atoms with van der Waals surface area (Å²) >= 11 is 0. The van der Waals surface area contributed by atoms with Crippen LogP contribution in [-0.2, 0) is 0 Å². The Morgan fingerprint density at radius 1 is 1.15 bits per heavy atom. The Morgan fingerprint density at radius 3 is 2.15 bits per heavy atom. The van der Waals surface area contributed by atoms with Gasteiger partial charge in [-0.25, -0.2) is 0 Å². The van der Waals surface area contributed by atoms with Gasteiger partial charge < -0.3 is 0 Å². The minimum absolute atomic E-state index is 0.381. The SMILES string of the molecule is CC(C)(C1=CCCC=C1)C(F)(F)F. The maximum atomic E-state index is 12.5. The summed E-state index contributed by atoms with van der Waals surface area (Å²) in [6.07, 6.45) is 2.44. The Bertz CT molecular complexity index is 243. The van der Waals surface area contributed by atoms with Gasteiger partial charge in [0, 0.05) is 0 Å². The van der Waals surface area contributed by atoms with Crippen LogP contribution in [0.25, 0.3) is 0 Å². The third-order valence-corrected chi connectivity index (χ3v) is 2.43. The first-order valence-electron chi connectivity index (χ1n) is 4.29. The average molecular weight is 190 g/mol. The molecular formula is C10H13F3. The zero-order chi connectivity index (χ0) is 10.1. The fraction of sp³-hybridized carbons (Fsp3) is 0.600. The summed E-state index contributed by atoms with van der Waals surface area (Å²) in [6.45, 7) is 2.43. The number of rotatable bonds is 1. The standard InChI is InChI=1S/C10H13F3/c1-9(2,10(11,12)13)8-6-4-3-5-7-8/h4,6-7H,3,5H2,1-2H3. The molecule has 0 unspecified atom stereocenters. The molecule has 0 aliphatic heterocycles. The van der Waals surface area contributed by atoms with Crippen LogP contribution in [0.1, 0.15) is 26.7 Å². The molecule has 0 nitrogen and oxygen atoms in total. The lowest BCUT2D eigenvalue weighted by Crippen LogP contribution is -2.33. The molecule has 0 heterocycles. The van der Waals surface area contributed by atoms with Crippen molar-refractivity contribution in [1.29, 1.82) is 0 Å². The normalized spacial score (nSPS) is 18.7. The summed E-state index contributed by atoms with van der Waals surface area (Å²) in [5, 5.41) is 0. The molecule has 0 aromatic carbocycles. The fourth-order valence-electron chi connectivity index (χ4n) is 1.24. The number of halogens is 3. The van der Waals surface area contributed by atoms with Gasteiger partial charge in [0.1, 0.15) is 0 Å². The van der Waals surface area contributed by atoms with Crippen LogP contribution in [0.15, 0.2) is 23.8 Å². The van der Waals surface area contributed by atoms with Crippen LogP contribution in [0, 0.1) is 5.41 Å². The van der Waals surface area contributed by atoms with E-state index in [9.17, 15) is 13.2 Å². The van der Waals surface area contributed by atoms with Gasteiger partial charge >= 0.3 is 6.18 Å². The van der Waals surface area contributed by atoms with E-state index >= 15 is 0 Å². The number of alkyl halides is 3. The van der Waals surface area contributed by atoms with E-state index in [1.807, 2.05) is 0 Å². The zero-order valence-corrected chi connectivity index (χ0v) is 7.78. The quantitative estimate of drug-likeness (QED) is 0.589. The van der Waals surface area contributed by atoms with E-state index in [0.29, 0.717) is 12.0 Å². The Labute approximate surface area is 76.1 Å². The lowest BCUT2D eigenvalue weighted by molar-refractivity contribution is -0.196. The Balaban J connectivity index is 2.92. The van der Waals surface area contributed by atoms with E-state index in [-0.39, 0.29) is 0 Å². The molecule has 0 fully saturated rings. The molecule has 0 atom stereocenters. The molecule has 1 aliphatic rings. The van der Waals surface area contributed by atoms with Crippen molar-refractivity contribution in [2.45, 2.75) is 32.9 Å². The largest absolute Gasteiger partial charge is 0.397 e. The molecule has 13 heavy (non-hydrogen) atoms. The predicted octanol–water partition coefficient (Wildman–Crippen LogP) is 3.85. The molecule has 0 saturated heterocycles. The van der Waals surface area contributed by atoms with Crippen molar-refractivity contribution >= 4 is 0 Å². The molecule has 0 radical (unpaired) electrons. The van der Waals surface area contributed by atoms with Crippen LogP contribution < -0.4 is 0 Å². The first-order valence-corrected chi connectivity index (χ1v) is 4.29. The molecule has 1 aliphatic carbocycles. The lowest BCUT2D eigenvalue weighted by Gasteiger charge is -2.30. The molecule has 3 heteroatoms. The summed E-state index contributed by atoms with van der Waals surface area (Å²) < 4.78 is 37.6. The summed E-state index contributed by atoms with van der Waals surface area (Å²) in [5.41, 5.74) is -1.34. The third kappa shape index (κ3) is 1.95. The van der Waals surface area contributed by atoms with E-state index in [4.69, 9.17) is 0 Å². The van der Waals surface area contributed by atoms with E-state index in [0.717, 1.165) is 6.42 Å². The fourth-order valence-corrected chi connectivity index (χ4v) is 1.24. The maximum Gasteiger partial charge on any atom is 0.397 e. The smallest absolute Gasteiger partial charge is 0.170 e. The minimum Gasteiger partial charge on any atom is -0.170 e. The predicted molar refractivity (Wildman–Crippen MR) is 46.3 cm³/mol. The summed E-state index contributed by atoms with van der Waals surface area (Å²) in [6, 6.07) is 0. The van der Waals surface area contributed by atoms with Crippen LogP contribution in [0.2, 0.25) is 0 Å². The van der Waals surface area contributed by atoms with E-state index in [2.05, 4.69) is 0 Å². The molecule has 0 spiro atoms. The number of hydrogen-bond acceptors (Lipinski definition) is 0. The second kappa shape index (κ2) is 3.20. The van der Waals surface area contributed by atoms with Crippen LogP contribution in [0.5, 0.6) is 0 Å². The second-order valence-electron chi connectivity index (χ2n) is 3.76. The molecule has 74 valence electrons. The van der Waals surface area contributed by atoms with Crippen molar-refractivity contribution in [1.82, 2.24) is 0 Å². The molecule has 0 amide bonds. The highest BCUT2D eigenvalue weighted by atomic mass is 19.4. The highest BCUT2D eigenvalue weighted by Gasteiger charge is 2.48. The van der Waals surface area contributed by atoms with Crippen LogP contribution in [-0.4, -0.2) is 6.18 Å². The Kier molecular flexibility index (Phi) is 2.55. The molecule has 0 aromatic rings. The number of hydrogen-bond donors (Lipinski definition) is 0. The molecule has 0 saturated carbocycles. The maximum absolute atomic E-state index is 12.5. The Morgan fingerprint density at radius 2 is 1.77 bits per heavy atom. The topological polar surface area (TPSA) is 0 Å². The van der Waals surface area contributed by atoms with Gasteiger partial charge in [-0.05, 0) is 32.3 Å². The minimum atomic E-state index is -4.17. The molecule has 0 N–H and O–H groups in total. The highest BCUT2D eigenvalue weighted by molar-refractivity contribution is 5.29. The molecule has 1 rings (SSSR count). The van der Waals surface area contributed by atoms with Gasteiger partial charge in [-0.2, -0.15) is 13.2 Å². The van der Waals surface area contributed by atoms with Crippen molar-refractivity contribution in [3.8, 4) is 0 Å². The first-order chi connectivity index (χ1) is 5.86. The zero-order valence-electron chi connectivity index (χ0n) is 7.78. The Hall–Kier alpha value is -0.730. The average Bonchev–Trinajstić information content (AvgIpc) is 2.04. The summed E-state index contributed by atoms with van der Waals surface area (Å²) in [5.74, 6) is 0. The van der Waals surface area contributed by atoms with Crippen molar-refractivity contribution in [2.75, 3.05) is 0 Å². The van der Waals surface area contributed by atoms with E-state index in [1.165, 1.54) is 13.8 Å². The number of allylic oxidation sites excluding steroid dienone is 4. The summed E-state index contributed by atoms with van der Waals surface area (Å²) in [4.78, 5) is 0. The van der Waals surface area contributed by atoms with Gasteiger partial charge in [0.25, 0.3) is 0 Å². The third-order valence-electron chi connectivity index (χ3n) is 2.43. The summed E-state index contributed by atoms with van der Waals surface area (Å²) in [7, 11) is 0. The monoisotopic (exact) mass is 190 g/mol. The van der Waals surface area contributed by atoms with Crippen LogP contribution in [0.3, 0.4) is 0 Å². The van der Waals surface area contributed by atoms with Crippen LogP contribution in [0.4, 0.5) is 13.2 Å². The van der Waals surface area contributed by atoms with E-state index < -0.39 is 11.6 Å². The second-order valence-corrected chi connectivity index (χ2v) is 3.76. The van der Waals surface area contributed by atoms with Gasteiger partial charge in [-0.3, -0.25) is 0 Å². The molecule has 0 aromatic heterocycles. The van der Waals surface area contributed by atoms with Gasteiger partial charge in [0.05, 0.1) is 5.41 Å².